The van der Waals surface area contributed by atoms with Crippen molar-refractivity contribution in [2.24, 2.45) is 5.92 Å². The minimum absolute atomic E-state index is 0.0761. The summed E-state index contributed by atoms with van der Waals surface area (Å²) in [4.78, 5) is 16.7. The van der Waals surface area contributed by atoms with Gasteiger partial charge < -0.3 is 4.90 Å². The number of piperidine rings is 1. The Bertz CT molecular complexity index is 489. The number of rotatable bonds is 4. The van der Waals surface area contributed by atoms with E-state index in [1.54, 1.807) is 11.3 Å². The number of hydrogen-bond acceptors (Lipinski definition) is 3. The Balaban J connectivity index is 1.91. The lowest BCUT2D eigenvalue weighted by atomic mass is 9.97. The second kappa shape index (κ2) is 7.00. The smallest absolute Gasteiger partial charge is 0.341 e. The second-order valence-corrected chi connectivity index (χ2v) is 6.81. The lowest BCUT2D eigenvalue weighted by Crippen LogP contribution is -2.47. The zero-order chi connectivity index (χ0) is 16.3. The lowest BCUT2D eigenvalue weighted by Gasteiger charge is -2.35. The fourth-order valence-electron chi connectivity index (χ4n) is 2.67. The molecule has 0 saturated carbocycles. The molecule has 1 aromatic rings. The van der Waals surface area contributed by atoms with Gasteiger partial charge in [0.15, 0.2) is 0 Å². The summed E-state index contributed by atoms with van der Waals surface area (Å²) >= 11 is 1.61. The molecule has 0 spiro atoms. The molecule has 1 aromatic heterocycles. The summed E-state index contributed by atoms with van der Waals surface area (Å²) in [7, 11) is 1.83. The summed E-state index contributed by atoms with van der Waals surface area (Å²) in [5.41, 5.74) is 0. The third-order valence-electron chi connectivity index (χ3n) is 4.24. The van der Waals surface area contributed by atoms with E-state index in [2.05, 4.69) is 0 Å². The first-order chi connectivity index (χ1) is 10.3. The third-order valence-corrected chi connectivity index (χ3v) is 5.28. The minimum Gasteiger partial charge on any atom is -0.341 e. The summed E-state index contributed by atoms with van der Waals surface area (Å²) in [6, 6.07) is 4.02. The Morgan fingerprint density at radius 2 is 2.27 bits per heavy atom. The number of likely N-dealkylation sites (N-methyl/N-ethyl adjacent to an activating group) is 1. The van der Waals surface area contributed by atoms with Crippen LogP contribution < -0.4 is 0 Å². The van der Waals surface area contributed by atoms with Gasteiger partial charge in [-0.1, -0.05) is 6.07 Å². The van der Waals surface area contributed by atoms with Gasteiger partial charge >= 0.3 is 6.18 Å². The van der Waals surface area contributed by atoms with Crippen molar-refractivity contribution in [1.29, 1.82) is 0 Å². The van der Waals surface area contributed by atoms with Crippen LogP contribution in [0.25, 0.3) is 0 Å². The molecule has 1 saturated heterocycles. The number of likely N-dealkylation sites (tertiary alicyclic amines) is 1. The van der Waals surface area contributed by atoms with Crippen molar-refractivity contribution in [2.45, 2.75) is 32.0 Å². The Labute approximate surface area is 132 Å². The van der Waals surface area contributed by atoms with E-state index in [1.807, 2.05) is 36.4 Å². The molecule has 1 amide bonds. The van der Waals surface area contributed by atoms with Crippen LogP contribution in [0.2, 0.25) is 0 Å². The van der Waals surface area contributed by atoms with Gasteiger partial charge in [-0.2, -0.15) is 13.2 Å². The van der Waals surface area contributed by atoms with Gasteiger partial charge in [0.25, 0.3) is 0 Å². The molecule has 1 aliphatic rings. The Hall–Kier alpha value is -1.08. The van der Waals surface area contributed by atoms with E-state index in [-0.39, 0.29) is 31.5 Å². The van der Waals surface area contributed by atoms with Gasteiger partial charge in [-0.05, 0) is 38.3 Å². The normalized spacial score (nSPS) is 21.2. The summed E-state index contributed by atoms with van der Waals surface area (Å²) in [5.74, 6) is -1.61. The van der Waals surface area contributed by atoms with Gasteiger partial charge in [0.05, 0.1) is 12.5 Å². The van der Waals surface area contributed by atoms with Gasteiger partial charge in [-0.3, -0.25) is 9.69 Å². The maximum absolute atomic E-state index is 12.8. The molecule has 0 aromatic carbocycles. The molecule has 1 aliphatic heterocycles. The molecule has 1 fully saturated rings. The maximum atomic E-state index is 12.8. The molecule has 0 aliphatic carbocycles. The van der Waals surface area contributed by atoms with Gasteiger partial charge in [0, 0.05) is 24.0 Å². The molecule has 3 nitrogen and oxygen atoms in total. The molecule has 2 rings (SSSR count). The van der Waals surface area contributed by atoms with Crippen LogP contribution in [0.15, 0.2) is 17.5 Å². The fraction of sp³-hybridized carbons (Fsp3) is 0.667. The highest BCUT2D eigenvalue weighted by Gasteiger charge is 2.42. The topological polar surface area (TPSA) is 23.6 Å². The summed E-state index contributed by atoms with van der Waals surface area (Å²) in [6.07, 6.45) is -3.68. The monoisotopic (exact) mass is 334 g/mol. The number of thiophene rings is 1. The Kier molecular flexibility index (Phi) is 5.50. The van der Waals surface area contributed by atoms with Gasteiger partial charge in [0.2, 0.25) is 5.91 Å². The molecular weight excluding hydrogens is 313 g/mol. The predicted molar refractivity (Wildman–Crippen MR) is 80.7 cm³/mol. The van der Waals surface area contributed by atoms with Crippen LogP contribution in [-0.4, -0.2) is 48.6 Å². The highest BCUT2D eigenvalue weighted by molar-refractivity contribution is 7.10. The highest BCUT2D eigenvalue weighted by atomic mass is 32.1. The quantitative estimate of drug-likeness (QED) is 0.841. The summed E-state index contributed by atoms with van der Waals surface area (Å²) in [6.45, 7) is 2.35. The Morgan fingerprint density at radius 1 is 1.55 bits per heavy atom. The van der Waals surface area contributed by atoms with Crippen molar-refractivity contribution in [3.05, 3.63) is 22.4 Å². The van der Waals surface area contributed by atoms with Crippen molar-refractivity contribution in [1.82, 2.24) is 9.80 Å². The number of carbonyl (C=O) groups is 1. The fourth-order valence-corrected chi connectivity index (χ4v) is 3.52. The molecular formula is C15H21F3N2OS. The zero-order valence-corrected chi connectivity index (χ0v) is 13.6. The minimum atomic E-state index is -4.21. The van der Waals surface area contributed by atoms with Gasteiger partial charge in [-0.15, -0.1) is 11.3 Å². The van der Waals surface area contributed by atoms with Crippen LogP contribution in [-0.2, 0) is 4.79 Å². The average Bonchev–Trinajstić information content (AvgIpc) is 2.99. The van der Waals surface area contributed by atoms with Gasteiger partial charge in [0.1, 0.15) is 0 Å². The van der Waals surface area contributed by atoms with E-state index in [1.165, 1.54) is 4.90 Å². The predicted octanol–water partition coefficient (Wildman–Crippen LogP) is 3.54. The van der Waals surface area contributed by atoms with Crippen molar-refractivity contribution >= 4 is 17.2 Å². The van der Waals surface area contributed by atoms with E-state index >= 15 is 0 Å². The second-order valence-electron chi connectivity index (χ2n) is 5.83. The average molecular weight is 334 g/mol. The van der Waals surface area contributed by atoms with Crippen LogP contribution in [0.5, 0.6) is 0 Å². The number of hydrogen-bond donors (Lipinski definition) is 0. The first-order valence-corrected chi connectivity index (χ1v) is 8.25. The number of amides is 1. The van der Waals surface area contributed by atoms with Crippen molar-refractivity contribution in [3.63, 3.8) is 0 Å². The van der Waals surface area contributed by atoms with E-state index in [0.717, 1.165) is 4.88 Å². The molecule has 0 bridgehead atoms. The van der Waals surface area contributed by atoms with E-state index in [0.29, 0.717) is 13.0 Å². The number of carbonyl (C=O) groups excluding carboxylic acids is 1. The molecule has 0 radical (unpaired) electrons. The van der Waals surface area contributed by atoms with Crippen molar-refractivity contribution in [2.75, 3.05) is 26.7 Å². The first-order valence-electron chi connectivity index (χ1n) is 7.37. The van der Waals surface area contributed by atoms with E-state index < -0.39 is 12.1 Å². The summed E-state index contributed by atoms with van der Waals surface area (Å²) in [5, 5.41) is 1.97. The maximum Gasteiger partial charge on any atom is 0.393 e. The SMILES string of the molecule is CC(c1cccs1)N(C)CC(=O)N1CCCC(C(F)(F)F)C1. The first kappa shape index (κ1) is 17.3. The molecule has 2 heterocycles. The highest BCUT2D eigenvalue weighted by Crippen LogP contribution is 2.33. The number of nitrogens with zero attached hydrogens (tertiary/aromatic N) is 2. The van der Waals surface area contributed by atoms with Crippen LogP contribution in [0.4, 0.5) is 13.2 Å². The molecule has 7 heteroatoms. The molecule has 0 N–H and O–H groups in total. The van der Waals surface area contributed by atoms with Crippen LogP contribution in [0.1, 0.15) is 30.7 Å². The van der Waals surface area contributed by atoms with Crippen LogP contribution in [0, 0.1) is 5.92 Å². The standard InChI is InChI=1S/C15H21F3N2OS/c1-11(13-6-4-8-22-13)19(2)10-14(21)20-7-3-5-12(9-20)15(16,17)18/h4,6,8,11-12H,3,5,7,9-10H2,1-2H3. The number of halogens is 3. The third kappa shape index (κ3) is 4.23. The molecule has 22 heavy (non-hydrogen) atoms. The lowest BCUT2D eigenvalue weighted by molar-refractivity contribution is -0.188. The largest absolute Gasteiger partial charge is 0.393 e. The van der Waals surface area contributed by atoms with Gasteiger partial charge in [-0.25, -0.2) is 0 Å². The zero-order valence-electron chi connectivity index (χ0n) is 12.8. The van der Waals surface area contributed by atoms with E-state index in [9.17, 15) is 18.0 Å². The molecule has 2 unspecified atom stereocenters. The van der Waals surface area contributed by atoms with Crippen molar-refractivity contribution < 1.29 is 18.0 Å². The molecule has 2 atom stereocenters. The number of alkyl halides is 3. The van der Waals surface area contributed by atoms with Crippen LogP contribution >= 0.6 is 11.3 Å². The van der Waals surface area contributed by atoms with Crippen LogP contribution in [0.3, 0.4) is 0 Å². The summed E-state index contributed by atoms with van der Waals surface area (Å²) < 4.78 is 38.4. The van der Waals surface area contributed by atoms with E-state index in [4.69, 9.17) is 0 Å². The Morgan fingerprint density at radius 3 is 2.86 bits per heavy atom. The molecule has 124 valence electrons. The van der Waals surface area contributed by atoms with Crippen molar-refractivity contribution in [3.8, 4) is 0 Å².